The van der Waals surface area contributed by atoms with Crippen molar-refractivity contribution in [2.75, 3.05) is 12.5 Å². The Bertz CT molecular complexity index is 719. The number of rotatable bonds is 5. The molecule has 1 heterocycles. The average Bonchev–Trinajstić information content (AvgIpc) is 2.91. The van der Waals surface area contributed by atoms with E-state index in [1.54, 1.807) is 22.4 Å². The third kappa shape index (κ3) is 3.30. The molecule has 0 spiro atoms. The smallest absolute Gasteiger partial charge is 0.210 e. The van der Waals surface area contributed by atoms with E-state index in [1.807, 2.05) is 24.6 Å². The van der Waals surface area contributed by atoms with Crippen LogP contribution in [-0.2, 0) is 9.84 Å². The molecule has 7 heteroatoms. The molecule has 0 saturated carbocycles. The first-order chi connectivity index (χ1) is 9.90. The molecule has 0 amide bonds. The first kappa shape index (κ1) is 16.5. The Kier molecular flexibility index (Phi) is 5.06. The maximum absolute atomic E-state index is 12.7. The fraction of sp³-hybridized carbons (Fsp3) is 0.357. The minimum atomic E-state index is -3.53. The van der Waals surface area contributed by atoms with Crippen molar-refractivity contribution >= 4 is 33.5 Å². The number of thioether (sulfide) groups is 1. The van der Waals surface area contributed by atoms with Crippen LogP contribution in [0.5, 0.6) is 0 Å². The number of sulfone groups is 1. The van der Waals surface area contributed by atoms with E-state index in [0.717, 1.165) is 5.56 Å². The lowest BCUT2D eigenvalue weighted by Crippen LogP contribution is -2.02. The predicted molar refractivity (Wildman–Crippen MR) is 88.9 cm³/mol. The van der Waals surface area contributed by atoms with Crippen molar-refractivity contribution in [2.45, 2.75) is 34.6 Å². The van der Waals surface area contributed by atoms with E-state index >= 15 is 0 Å². The summed E-state index contributed by atoms with van der Waals surface area (Å²) in [5.41, 5.74) is 1.12. The summed E-state index contributed by atoms with van der Waals surface area (Å²) in [6.07, 6.45) is 5.25. The SMILES string of the molecule is CSc1nn(SC)cc1S(=O)(=O)c1ccc(C(C)C)cc1. The number of nitrogens with zero attached hydrogens (tertiary/aromatic N) is 2. The van der Waals surface area contributed by atoms with Gasteiger partial charge < -0.3 is 0 Å². The van der Waals surface area contributed by atoms with Crippen molar-refractivity contribution in [3.05, 3.63) is 36.0 Å². The molecule has 0 aliphatic rings. The van der Waals surface area contributed by atoms with E-state index in [2.05, 4.69) is 18.9 Å². The highest BCUT2D eigenvalue weighted by molar-refractivity contribution is 7.99. The van der Waals surface area contributed by atoms with E-state index in [-0.39, 0.29) is 4.90 Å². The van der Waals surface area contributed by atoms with Gasteiger partial charge in [0.25, 0.3) is 0 Å². The second-order valence-corrected chi connectivity index (χ2v) is 8.27. The molecule has 1 aromatic carbocycles. The van der Waals surface area contributed by atoms with Gasteiger partial charge in [0.1, 0.15) is 9.92 Å². The zero-order valence-electron chi connectivity index (χ0n) is 12.4. The summed E-state index contributed by atoms with van der Waals surface area (Å²) in [5, 5.41) is 4.77. The molecule has 21 heavy (non-hydrogen) atoms. The van der Waals surface area contributed by atoms with Crippen LogP contribution in [0.25, 0.3) is 0 Å². The van der Waals surface area contributed by atoms with Crippen molar-refractivity contribution in [3.8, 4) is 0 Å². The monoisotopic (exact) mass is 342 g/mol. The van der Waals surface area contributed by atoms with Crippen LogP contribution in [0.3, 0.4) is 0 Å². The van der Waals surface area contributed by atoms with Crippen LogP contribution in [0.4, 0.5) is 0 Å². The maximum atomic E-state index is 12.7. The first-order valence-electron chi connectivity index (χ1n) is 6.43. The van der Waals surface area contributed by atoms with Gasteiger partial charge >= 0.3 is 0 Å². The lowest BCUT2D eigenvalue weighted by atomic mass is 10.0. The molecular formula is C14H18N2O2S3. The van der Waals surface area contributed by atoms with Crippen molar-refractivity contribution in [2.24, 2.45) is 0 Å². The Balaban J connectivity index is 2.48. The third-order valence-corrected chi connectivity index (χ3v) is 6.30. The minimum absolute atomic E-state index is 0.265. The normalized spacial score (nSPS) is 12.0. The first-order valence-corrected chi connectivity index (χ1v) is 10.3. The van der Waals surface area contributed by atoms with Crippen LogP contribution in [0.1, 0.15) is 25.3 Å². The number of hydrogen-bond acceptors (Lipinski definition) is 5. The standard InChI is InChI=1S/C14H18N2O2S3/c1-10(2)11-5-7-12(8-6-11)21(17,18)13-9-16(20-4)15-14(13)19-3/h5-10H,1-4H3. The van der Waals surface area contributed by atoms with E-state index in [4.69, 9.17) is 0 Å². The average molecular weight is 343 g/mol. The summed E-state index contributed by atoms with van der Waals surface area (Å²) in [7, 11) is -3.53. The van der Waals surface area contributed by atoms with Gasteiger partial charge in [0, 0.05) is 6.26 Å². The molecule has 2 aromatic rings. The van der Waals surface area contributed by atoms with E-state index in [0.29, 0.717) is 15.8 Å². The van der Waals surface area contributed by atoms with Gasteiger partial charge in [0.15, 0.2) is 0 Å². The summed E-state index contributed by atoms with van der Waals surface area (Å²) < 4.78 is 27.1. The van der Waals surface area contributed by atoms with Crippen molar-refractivity contribution in [1.29, 1.82) is 0 Å². The van der Waals surface area contributed by atoms with Gasteiger partial charge in [-0.2, -0.15) is 5.10 Å². The number of hydrogen-bond donors (Lipinski definition) is 0. The lowest BCUT2D eigenvalue weighted by Gasteiger charge is -2.07. The second-order valence-electron chi connectivity index (χ2n) is 4.81. The quantitative estimate of drug-likeness (QED) is 0.776. The van der Waals surface area contributed by atoms with Crippen LogP contribution in [0.15, 0.2) is 45.3 Å². The molecule has 0 atom stereocenters. The molecule has 0 bridgehead atoms. The highest BCUT2D eigenvalue weighted by Crippen LogP contribution is 2.30. The molecule has 0 aliphatic carbocycles. The second kappa shape index (κ2) is 6.46. The molecule has 0 radical (unpaired) electrons. The fourth-order valence-electron chi connectivity index (χ4n) is 1.90. The molecule has 4 nitrogen and oxygen atoms in total. The van der Waals surface area contributed by atoms with Crippen molar-refractivity contribution in [3.63, 3.8) is 0 Å². The fourth-order valence-corrected chi connectivity index (χ4v) is 4.65. The Morgan fingerprint density at radius 3 is 2.24 bits per heavy atom. The summed E-state index contributed by atoms with van der Waals surface area (Å²) in [4.78, 5) is 0.574. The molecule has 0 saturated heterocycles. The third-order valence-electron chi connectivity index (χ3n) is 3.15. The van der Waals surface area contributed by atoms with Crippen LogP contribution >= 0.6 is 23.7 Å². The summed E-state index contributed by atoms with van der Waals surface area (Å²) in [6.45, 7) is 4.16. The zero-order valence-corrected chi connectivity index (χ0v) is 14.8. The molecular weight excluding hydrogens is 324 g/mol. The van der Waals surface area contributed by atoms with Gasteiger partial charge in [-0.1, -0.05) is 26.0 Å². The van der Waals surface area contributed by atoms with Gasteiger partial charge in [-0.3, -0.25) is 0 Å². The Morgan fingerprint density at radius 1 is 1.14 bits per heavy atom. The summed E-state index contributed by atoms with van der Waals surface area (Å²) in [6, 6.07) is 7.08. The molecule has 2 rings (SSSR count). The van der Waals surface area contributed by atoms with E-state index < -0.39 is 9.84 Å². The highest BCUT2D eigenvalue weighted by Gasteiger charge is 2.24. The van der Waals surface area contributed by atoms with E-state index in [9.17, 15) is 8.42 Å². The van der Waals surface area contributed by atoms with Gasteiger partial charge in [-0.05, 0) is 41.8 Å². The maximum Gasteiger partial charge on any atom is 0.210 e. The zero-order chi connectivity index (χ0) is 15.6. The molecule has 0 fully saturated rings. The largest absolute Gasteiger partial charge is 0.218 e. The van der Waals surface area contributed by atoms with Gasteiger partial charge in [-0.25, -0.2) is 12.5 Å². The Morgan fingerprint density at radius 2 is 1.76 bits per heavy atom. The Labute approximate surface area is 134 Å². The topological polar surface area (TPSA) is 52.0 Å². The lowest BCUT2D eigenvalue weighted by molar-refractivity contribution is 0.594. The molecule has 1 aromatic heterocycles. The van der Waals surface area contributed by atoms with Crippen LogP contribution in [0, 0.1) is 0 Å². The predicted octanol–water partition coefficient (Wildman–Crippen LogP) is 3.69. The number of benzene rings is 1. The molecule has 0 N–H and O–H groups in total. The Hall–Kier alpha value is -0.920. The molecule has 0 unspecified atom stereocenters. The van der Waals surface area contributed by atoms with Crippen LogP contribution in [0.2, 0.25) is 0 Å². The number of aromatic nitrogens is 2. The van der Waals surface area contributed by atoms with Gasteiger partial charge in [0.2, 0.25) is 9.84 Å². The van der Waals surface area contributed by atoms with Crippen molar-refractivity contribution in [1.82, 2.24) is 9.19 Å². The minimum Gasteiger partial charge on any atom is -0.218 e. The van der Waals surface area contributed by atoms with Crippen molar-refractivity contribution < 1.29 is 8.42 Å². The molecule has 0 aliphatic heterocycles. The van der Waals surface area contributed by atoms with Crippen LogP contribution in [-0.4, -0.2) is 30.1 Å². The van der Waals surface area contributed by atoms with Gasteiger partial charge in [-0.15, -0.1) is 11.8 Å². The molecule has 114 valence electrons. The van der Waals surface area contributed by atoms with Gasteiger partial charge in [0.05, 0.1) is 11.1 Å². The summed E-state index contributed by atoms with van der Waals surface area (Å²) >= 11 is 2.70. The van der Waals surface area contributed by atoms with E-state index in [1.165, 1.54) is 23.7 Å². The highest BCUT2D eigenvalue weighted by atomic mass is 32.2. The summed E-state index contributed by atoms with van der Waals surface area (Å²) in [5.74, 6) is 0.378. The van der Waals surface area contributed by atoms with Crippen LogP contribution < -0.4 is 0 Å².